The number of unbranched alkanes of at least 4 members (excludes halogenated alkanes) is 1. The first-order valence-electron chi connectivity index (χ1n) is 3.78. The average molecular weight is 194 g/mol. The second-order valence-electron chi connectivity index (χ2n) is 2.30. The highest BCUT2D eigenvalue weighted by atomic mass is 32.1. The fourth-order valence-electron chi connectivity index (χ4n) is 0.557. The first-order chi connectivity index (χ1) is 5.72. The van der Waals surface area contributed by atoms with Crippen LogP contribution >= 0.6 is 12.2 Å². The van der Waals surface area contributed by atoms with Crippen LogP contribution in [-0.4, -0.2) is 46.3 Å². The van der Waals surface area contributed by atoms with E-state index in [1.54, 1.807) is 0 Å². The molecule has 4 nitrogen and oxygen atoms in total. The predicted molar refractivity (Wildman–Crippen MR) is 48.0 cm³/mol. The largest absolute Gasteiger partial charge is 0.484 e. The van der Waals surface area contributed by atoms with Crippen LogP contribution in [0.15, 0.2) is 0 Å². The summed E-state index contributed by atoms with van der Waals surface area (Å²) in [4.78, 5) is 0. The van der Waals surface area contributed by atoms with Crippen molar-refractivity contribution < 1.29 is 20.1 Å². The van der Waals surface area contributed by atoms with Gasteiger partial charge in [-0.25, -0.2) is 0 Å². The summed E-state index contributed by atoms with van der Waals surface area (Å²) < 4.78 is 4.91. The summed E-state index contributed by atoms with van der Waals surface area (Å²) in [6.07, 6.45) is 0.265. The Bertz CT molecular complexity index is 129. The predicted octanol–water partition coefficient (Wildman–Crippen LogP) is -0.544. The molecule has 0 saturated heterocycles. The molecule has 0 heterocycles. The van der Waals surface area contributed by atoms with Crippen LogP contribution in [0.3, 0.4) is 0 Å². The van der Waals surface area contributed by atoms with E-state index in [9.17, 15) is 0 Å². The molecule has 0 radical (unpaired) electrons. The fourth-order valence-corrected chi connectivity index (χ4v) is 0.715. The minimum atomic E-state index is -1.07. The van der Waals surface area contributed by atoms with Gasteiger partial charge in [0.2, 0.25) is 0 Å². The molecule has 12 heavy (non-hydrogen) atoms. The molecule has 1 unspecified atom stereocenters. The molecule has 1 atom stereocenters. The number of aliphatic hydroxyl groups is 3. The van der Waals surface area contributed by atoms with E-state index >= 15 is 0 Å². The van der Waals surface area contributed by atoms with E-state index in [1.807, 2.05) is 0 Å². The molecule has 0 aromatic carbocycles. The number of hydrogen-bond acceptors (Lipinski definition) is 5. The highest BCUT2D eigenvalue weighted by Gasteiger charge is 2.09. The van der Waals surface area contributed by atoms with Crippen molar-refractivity contribution in [2.24, 2.45) is 0 Å². The van der Waals surface area contributed by atoms with Crippen LogP contribution in [0.2, 0.25) is 0 Å². The third-order valence-corrected chi connectivity index (χ3v) is 1.63. The van der Waals surface area contributed by atoms with Crippen LogP contribution in [0.1, 0.15) is 12.8 Å². The number of ether oxygens (including phenoxy) is 1. The molecular weight excluding hydrogens is 180 g/mol. The zero-order chi connectivity index (χ0) is 9.40. The van der Waals surface area contributed by atoms with Gasteiger partial charge in [0, 0.05) is 6.61 Å². The summed E-state index contributed by atoms with van der Waals surface area (Å²) in [5, 5.41) is 25.8. The van der Waals surface area contributed by atoms with Gasteiger partial charge < -0.3 is 20.1 Å². The number of thiocarbonyl (C=S) groups is 1. The Hall–Kier alpha value is -0.230. The summed E-state index contributed by atoms with van der Waals surface area (Å²) in [5.41, 5.74) is 0. The van der Waals surface area contributed by atoms with Gasteiger partial charge in [0.15, 0.2) is 5.05 Å². The highest BCUT2D eigenvalue weighted by molar-refractivity contribution is 7.80. The highest BCUT2D eigenvalue weighted by Crippen LogP contribution is 1.94. The molecule has 0 spiro atoms. The van der Waals surface area contributed by atoms with Crippen LogP contribution in [0, 0.1) is 0 Å². The molecule has 0 aliphatic rings. The zero-order valence-electron chi connectivity index (χ0n) is 6.77. The number of rotatable bonds is 6. The van der Waals surface area contributed by atoms with Gasteiger partial charge in [-0.2, -0.15) is 0 Å². The summed E-state index contributed by atoms with van der Waals surface area (Å²) in [5.74, 6) is 0. The Balaban J connectivity index is 3.31. The van der Waals surface area contributed by atoms with Crippen LogP contribution in [0.5, 0.6) is 0 Å². The number of hydrogen-bond donors (Lipinski definition) is 3. The Kier molecular flexibility index (Phi) is 7.28. The third kappa shape index (κ3) is 5.42. The first kappa shape index (κ1) is 11.8. The molecule has 0 bridgehead atoms. The maximum absolute atomic E-state index is 8.92. The SMILES string of the molecule is OCCCCOC(=S)C(O)CO. The normalized spacial score (nSPS) is 12.6. The second-order valence-corrected chi connectivity index (χ2v) is 2.70. The molecular formula is C7H14O4S. The molecule has 72 valence electrons. The van der Waals surface area contributed by atoms with E-state index < -0.39 is 12.7 Å². The Labute approximate surface area is 76.8 Å². The number of aliphatic hydroxyl groups excluding tert-OH is 3. The lowest BCUT2D eigenvalue weighted by Crippen LogP contribution is -2.25. The van der Waals surface area contributed by atoms with Crippen molar-refractivity contribution in [2.75, 3.05) is 19.8 Å². The van der Waals surface area contributed by atoms with E-state index in [1.165, 1.54) is 0 Å². The minimum absolute atomic E-state index is 0.00967. The van der Waals surface area contributed by atoms with E-state index in [4.69, 9.17) is 20.1 Å². The maximum Gasteiger partial charge on any atom is 0.190 e. The van der Waals surface area contributed by atoms with Crippen molar-refractivity contribution in [2.45, 2.75) is 18.9 Å². The zero-order valence-corrected chi connectivity index (χ0v) is 7.59. The van der Waals surface area contributed by atoms with Gasteiger partial charge in [0.1, 0.15) is 6.10 Å². The van der Waals surface area contributed by atoms with Crippen molar-refractivity contribution in [1.82, 2.24) is 0 Å². The van der Waals surface area contributed by atoms with Crippen molar-refractivity contribution in [3.05, 3.63) is 0 Å². The van der Waals surface area contributed by atoms with E-state index in [-0.39, 0.29) is 11.7 Å². The summed E-state index contributed by atoms with van der Waals surface area (Å²) in [6.45, 7) is 0.0773. The Morgan fingerprint density at radius 2 is 2.00 bits per heavy atom. The standard InChI is InChI=1S/C7H14O4S/c8-3-1-2-4-11-7(12)6(10)5-9/h6,8-10H,1-5H2. The molecule has 3 N–H and O–H groups in total. The lowest BCUT2D eigenvalue weighted by atomic mass is 10.3. The van der Waals surface area contributed by atoms with Crippen LogP contribution in [0.25, 0.3) is 0 Å². The van der Waals surface area contributed by atoms with Gasteiger partial charge in [0.25, 0.3) is 0 Å². The smallest absolute Gasteiger partial charge is 0.190 e. The van der Waals surface area contributed by atoms with Crippen molar-refractivity contribution in [1.29, 1.82) is 0 Å². The minimum Gasteiger partial charge on any atom is -0.484 e. The molecule has 0 fully saturated rings. The first-order valence-corrected chi connectivity index (χ1v) is 4.19. The molecule has 0 rings (SSSR count). The Morgan fingerprint density at radius 1 is 1.33 bits per heavy atom. The maximum atomic E-state index is 8.92. The molecule has 5 heteroatoms. The van der Waals surface area contributed by atoms with Crippen LogP contribution < -0.4 is 0 Å². The summed E-state index contributed by atoms with van der Waals surface area (Å²) >= 11 is 4.63. The lowest BCUT2D eigenvalue weighted by Gasteiger charge is -2.10. The fraction of sp³-hybridized carbons (Fsp3) is 0.857. The molecule has 0 aromatic rings. The molecule has 0 aliphatic heterocycles. The van der Waals surface area contributed by atoms with Gasteiger partial charge in [-0.05, 0) is 25.1 Å². The second kappa shape index (κ2) is 7.42. The van der Waals surface area contributed by atoms with E-state index in [0.717, 1.165) is 0 Å². The van der Waals surface area contributed by atoms with Crippen LogP contribution in [-0.2, 0) is 4.74 Å². The molecule has 0 saturated carbocycles. The van der Waals surface area contributed by atoms with Gasteiger partial charge in [0.05, 0.1) is 13.2 Å². The van der Waals surface area contributed by atoms with Gasteiger partial charge >= 0.3 is 0 Å². The molecule has 0 aromatic heterocycles. The average Bonchev–Trinajstić information content (AvgIpc) is 2.10. The monoisotopic (exact) mass is 194 g/mol. The lowest BCUT2D eigenvalue weighted by molar-refractivity contribution is 0.120. The van der Waals surface area contributed by atoms with Gasteiger partial charge in [-0.3, -0.25) is 0 Å². The van der Waals surface area contributed by atoms with E-state index in [0.29, 0.717) is 19.4 Å². The summed E-state index contributed by atoms with van der Waals surface area (Å²) in [6, 6.07) is 0. The van der Waals surface area contributed by atoms with E-state index in [2.05, 4.69) is 12.2 Å². The molecule has 0 aliphatic carbocycles. The van der Waals surface area contributed by atoms with Crippen molar-refractivity contribution >= 4 is 17.3 Å². The van der Waals surface area contributed by atoms with Crippen molar-refractivity contribution in [3.63, 3.8) is 0 Å². The van der Waals surface area contributed by atoms with Crippen LogP contribution in [0.4, 0.5) is 0 Å². The summed E-state index contributed by atoms with van der Waals surface area (Å²) in [7, 11) is 0. The quantitative estimate of drug-likeness (QED) is 0.391. The van der Waals surface area contributed by atoms with Gasteiger partial charge in [-0.1, -0.05) is 0 Å². The molecule has 0 amide bonds. The van der Waals surface area contributed by atoms with Crippen molar-refractivity contribution in [3.8, 4) is 0 Å². The third-order valence-electron chi connectivity index (χ3n) is 1.24. The Morgan fingerprint density at radius 3 is 2.50 bits per heavy atom. The van der Waals surface area contributed by atoms with Gasteiger partial charge in [-0.15, -0.1) is 0 Å². The topological polar surface area (TPSA) is 69.9 Å².